The number of carbonyl (C=O) groups is 3. The number of aromatic carboxylic acids is 1. The molecule has 13 nitrogen and oxygen atoms in total. The lowest BCUT2D eigenvalue weighted by molar-refractivity contribution is 0.0591. The smallest absolute Gasteiger partial charge is 0.337 e. The first-order chi connectivity index (χ1) is 24.2. The number of ether oxygens (including phenoxy) is 4. The first-order valence-corrected chi connectivity index (χ1v) is 25.6. The van der Waals surface area contributed by atoms with Gasteiger partial charge in [-0.15, -0.1) is 11.6 Å². The van der Waals surface area contributed by atoms with Gasteiger partial charge in [0.1, 0.15) is 29.7 Å². The average molecular weight is 804 g/mol. The molecule has 3 aromatic rings. The maximum atomic E-state index is 11.3. The first-order valence-electron chi connectivity index (χ1n) is 15.7. The molecule has 0 saturated heterocycles. The fraction of sp³-hybridized carbons (Fsp3) is 0.400. The topological polar surface area (TPSA) is 188 Å². The van der Waals surface area contributed by atoms with Crippen LogP contribution >= 0.6 is 11.6 Å². The number of aliphatic hydroxyl groups is 1. The third-order valence-electron chi connectivity index (χ3n) is 6.21. The quantitative estimate of drug-likeness (QED) is 0.0930. The lowest BCUT2D eigenvalue weighted by atomic mass is 10.2. The lowest BCUT2D eigenvalue weighted by Crippen LogP contribution is -2.37. The second-order valence-corrected chi connectivity index (χ2v) is 25.5. The number of methoxy groups -OCH3 is 2. The van der Waals surface area contributed by atoms with Crippen molar-refractivity contribution < 1.29 is 62.3 Å². The molecule has 4 N–H and O–H groups in total. The molecule has 0 atom stereocenters. The monoisotopic (exact) mass is 802 g/mol. The summed E-state index contributed by atoms with van der Waals surface area (Å²) < 4.78 is 30.5. The van der Waals surface area contributed by atoms with Crippen molar-refractivity contribution in [3.63, 3.8) is 0 Å². The Morgan fingerprint density at radius 1 is 0.635 bits per heavy atom. The van der Waals surface area contributed by atoms with Crippen molar-refractivity contribution in [1.82, 2.24) is 0 Å². The normalized spacial score (nSPS) is 10.5. The van der Waals surface area contributed by atoms with Gasteiger partial charge < -0.3 is 47.9 Å². The van der Waals surface area contributed by atoms with E-state index in [4.69, 9.17) is 45.2 Å². The number of hydrogen-bond acceptors (Lipinski definition) is 12. The van der Waals surface area contributed by atoms with E-state index in [9.17, 15) is 19.2 Å². The van der Waals surface area contributed by atoms with Crippen molar-refractivity contribution in [3.8, 4) is 17.2 Å². The highest BCUT2D eigenvalue weighted by atomic mass is 35.5. The first kappa shape index (κ1) is 50.4. The maximum absolute atomic E-state index is 11.3. The van der Waals surface area contributed by atoms with E-state index in [1.54, 1.807) is 69.8 Å². The van der Waals surface area contributed by atoms with Crippen LogP contribution in [0.1, 0.15) is 31.1 Å². The molecule has 0 aliphatic rings. The molecule has 52 heavy (non-hydrogen) atoms. The van der Waals surface area contributed by atoms with Gasteiger partial charge in [-0.1, -0.05) is 18.2 Å². The standard InChI is InChI=1S/C12H18O4Si.C10H14O4Si.C8H8O3.C4H11ClOSi.CH4O/c1-14-12(13)10-6-5-7-11(8-10)16-9-17(3,4)15-2;1-15(2,13)7-14-9-5-3-4-8(6-9)10(11)12;1-11-8(10)6-3-2-4-7(9)5-6;1-6-7(2,3)4-5;1-2/h5-8H,9H2,1-4H3;3-6,13H,7H2,1-2H3,(H,11,12);2-5,9H,1H3;4H2,1-3H3;2H,1H3. The Labute approximate surface area is 315 Å². The zero-order valence-corrected chi connectivity index (χ0v) is 35.6. The summed E-state index contributed by atoms with van der Waals surface area (Å²) in [7, 11) is 1.68. The molecule has 0 bridgehead atoms. The summed E-state index contributed by atoms with van der Waals surface area (Å²) >= 11 is 5.53. The Kier molecular flexibility index (Phi) is 25.3. The van der Waals surface area contributed by atoms with Gasteiger partial charge in [0, 0.05) is 26.8 Å². The number of esters is 2. The summed E-state index contributed by atoms with van der Waals surface area (Å²) in [6.07, 6.45) is 0.810. The SMILES string of the molecule is CO.COC(=O)c1cccc(O)c1.COC(=O)c1cccc(OC[Si](C)(C)OC)c1.CO[Si](C)(C)CCl.C[Si](C)(O)COc1cccc(C(=O)O)c1. The third-order valence-corrected chi connectivity index (χ3v) is 12.7. The molecule has 0 amide bonds. The number of phenols is 1. The van der Waals surface area contributed by atoms with Crippen LogP contribution in [0.3, 0.4) is 0 Å². The van der Waals surface area contributed by atoms with Gasteiger partial charge in [0.2, 0.25) is 25.0 Å². The predicted molar refractivity (Wildman–Crippen MR) is 209 cm³/mol. The molecular formula is C35H55ClO13Si3. The second kappa shape index (κ2) is 26.1. The van der Waals surface area contributed by atoms with Crippen LogP contribution in [0.25, 0.3) is 0 Å². The highest BCUT2D eigenvalue weighted by Gasteiger charge is 2.22. The summed E-state index contributed by atoms with van der Waals surface area (Å²) in [6, 6.07) is 19.2. The predicted octanol–water partition coefficient (Wildman–Crippen LogP) is 6.15. The number of phenolic OH excluding ortho intramolecular Hbond substituents is 1. The van der Waals surface area contributed by atoms with E-state index in [1.165, 1.54) is 38.5 Å². The molecule has 0 aromatic heterocycles. The van der Waals surface area contributed by atoms with Crippen LogP contribution in [0.5, 0.6) is 17.2 Å². The molecule has 17 heteroatoms. The van der Waals surface area contributed by atoms with Crippen molar-refractivity contribution in [2.75, 3.05) is 53.5 Å². The van der Waals surface area contributed by atoms with E-state index in [-0.39, 0.29) is 23.5 Å². The van der Waals surface area contributed by atoms with Crippen LogP contribution in [-0.4, -0.2) is 116 Å². The minimum Gasteiger partial charge on any atom is -0.508 e. The number of carboxylic acids is 1. The number of alkyl halides is 1. The van der Waals surface area contributed by atoms with Gasteiger partial charge in [-0.3, -0.25) is 0 Å². The Bertz CT molecular complexity index is 1480. The van der Waals surface area contributed by atoms with Crippen LogP contribution in [0, 0.1) is 0 Å². The fourth-order valence-electron chi connectivity index (χ4n) is 2.93. The zero-order valence-electron chi connectivity index (χ0n) is 31.9. The highest BCUT2D eigenvalue weighted by Crippen LogP contribution is 2.17. The summed E-state index contributed by atoms with van der Waals surface area (Å²) in [6.45, 7) is 11.8. The average Bonchev–Trinajstić information content (AvgIpc) is 3.14. The van der Waals surface area contributed by atoms with Crippen LogP contribution in [0.15, 0.2) is 72.8 Å². The van der Waals surface area contributed by atoms with Crippen molar-refractivity contribution in [2.45, 2.75) is 39.3 Å². The third kappa shape index (κ3) is 23.7. The van der Waals surface area contributed by atoms with E-state index >= 15 is 0 Å². The molecule has 0 saturated carbocycles. The molecule has 292 valence electrons. The summed E-state index contributed by atoms with van der Waals surface area (Å²) in [5.41, 5.74) is 1.71. The van der Waals surface area contributed by atoms with Crippen molar-refractivity contribution in [2.24, 2.45) is 0 Å². The number of aliphatic hydroxyl groups excluding tert-OH is 1. The Balaban J connectivity index is 0. The number of benzene rings is 3. The molecule has 0 fully saturated rings. The number of aromatic hydroxyl groups is 1. The molecule has 0 radical (unpaired) electrons. The molecule has 3 rings (SSSR count). The Hall–Kier alpha value is -3.75. The van der Waals surface area contributed by atoms with Gasteiger partial charge in [0.15, 0.2) is 0 Å². The summed E-state index contributed by atoms with van der Waals surface area (Å²) in [4.78, 5) is 42.4. The molecule has 0 aliphatic heterocycles. The molecule has 0 spiro atoms. The minimum atomic E-state index is -2.25. The van der Waals surface area contributed by atoms with Gasteiger partial charge in [-0.25, -0.2) is 14.4 Å². The van der Waals surface area contributed by atoms with Gasteiger partial charge in [0.05, 0.1) is 30.9 Å². The maximum Gasteiger partial charge on any atom is 0.337 e. The van der Waals surface area contributed by atoms with Gasteiger partial charge in [-0.2, -0.15) is 0 Å². The van der Waals surface area contributed by atoms with E-state index in [0.29, 0.717) is 34.4 Å². The van der Waals surface area contributed by atoms with Crippen LogP contribution in [0.4, 0.5) is 0 Å². The Morgan fingerprint density at radius 3 is 1.40 bits per heavy atom. The van der Waals surface area contributed by atoms with Gasteiger partial charge in [-0.05, 0) is 93.9 Å². The van der Waals surface area contributed by atoms with Crippen molar-refractivity contribution >= 4 is 54.5 Å². The molecule has 3 aromatic carbocycles. The number of rotatable bonds is 12. The second-order valence-electron chi connectivity index (χ2n) is 12.3. The van der Waals surface area contributed by atoms with E-state index in [2.05, 4.69) is 35.7 Å². The zero-order chi connectivity index (χ0) is 40.5. The minimum absolute atomic E-state index is 0.0629. The van der Waals surface area contributed by atoms with Gasteiger partial charge >= 0.3 is 17.9 Å². The van der Waals surface area contributed by atoms with Crippen LogP contribution in [0.2, 0.25) is 39.3 Å². The number of carboxylic acid groups (broad SMARTS) is 1. The largest absolute Gasteiger partial charge is 0.508 e. The highest BCUT2D eigenvalue weighted by molar-refractivity contribution is 6.77. The summed E-state index contributed by atoms with van der Waals surface area (Å²) in [5, 5.41) is 24.7. The summed E-state index contributed by atoms with van der Waals surface area (Å²) in [5.74, 6) is -0.594. The molecular weight excluding hydrogens is 748 g/mol. The van der Waals surface area contributed by atoms with E-state index in [0.717, 1.165) is 7.11 Å². The fourth-order valence-corrected chi connectivity index (χ4v) is 4.52. The van der Waals surface area contributed by atoms with Crippen LogP contribution < -0.4 is 9.47 Å². The number of hydrogen-bond donors (Lipinski definition) is 4. The van der Waals surface area contributed by atoms with Crippen LogP contribution in [-0.2, 0) is 18.3 Å². The lowest BCUT2D eigenvalue weighted by Gasteiger charge is -2.20. The molecule has 0 unspecified atom stereocenters. The van der Waals surface area contributed by atoms with Gasteiger partial charge in [0.25, 0.3) is 0 Å². The van der Waals surface area contributed by atoms with E-state index < -0.39 is 36.9 Å². The number of carbonyl (C=O) groups excluding carboxylic acids is 2. The number of halogens is 1. The van der Waals surface area contributed by atoms with Crippen molar-refractivity contribution in [1.29, 1.82) is 0 Å². The Morgan fingerprint density at radius 2 is 1.04 bits per heavy atom. The molecule has 0 aliphatic carbocycles. The van der Waals surface area contributed by atoms with Crippen molar-refractivity contribution in [3.05, 3.63) is 89.5 Å². The molecule has 0 heterocycles. The van der Waals surface area contributed by atoms with E-state index in [1.807, 2.05) is 6.07 Å².